The van der Waals surface area contributed by atoms with Gasteiger partial charge in [0.1, 0.15) is 0 Å². The van der Waals surface area contributed by atoms with Crippen molar-refractivity contribution in [3.63, 3.8) is 0 Å². The van der Waals surface area contributed by atoms with Crippen LogP contribution in [0.2, 0.25) is 13.1 Å². The second kappa shape index (κ2) is 15.2. The van der Waals surface area contributed by atoms with Crippen molar-refractivity contribution in [3.8, 4) is 11.1 Å². The van der Waals surface area contributed by atoms with Gasteiger partial charge in [-0.1, -0.05) is 162 Å². The molecule has 0 amide bonds. The molecule has 2 aromatic rings. The maximum absolute atomic E-state index is 5.90. The third-order valence-electron chi connectivity index (χ3n) is 9.04. The Morgan fingerprint density at radius 3 is 1.30 bits per heavy atom. The first-order chi connectivity index (χ1) is 17.4. The first-order valence-electron chi connectivity index (χ1n) is 15.4. The van der Waals surface area contributed by atoms with Crippen LogP contribution in [-0.2, 0) is 32.5 Å². The number of rotatable bonds is 3. The normalized spacial score (nSPS) is 17.7. The molecule has 0 N–H and O–H groups in total. The molecular weight excluding hydrogens is 534 g/mol. The van der Waals surface area contributed by atoms with Crippen LogP contribution >= 0.6 is 0 Å². The smallest absolute Gasteiger partial charge is 0.661 e. The summed E-state index contributed by atoms with van der Waals surface area (Å²) in [5.41, 5.74) is 9.70. The number of hydrogen-bond acceptors (Lipinski definition) is 0. The molecule has 1 fully saturated rings. The van der Waals surface area contributed by atoms with Crippen LogP contribution in [0, 0.1) is 14.9 Å². The van der Waals surface area contributed by atoms with Gasteiger partial charge in [-0.05, 0) is 58.0 Å². The van der Waals surface area contributed by atoms with E-state index in [-0.39, 0.29) is 47.4 Å². The van der Waals surface area contributed by atoms with Crippen molar-refractivity contribution in [1.29, 1.82) is 0 Å². The Hall–Kier alpha value is -0.669. The molecule has 0 aliphatic heterocycles. The molecular formula is C37H60NSiTi. The van der Waals surface area contributed by atoms with Crippen molar-refractivity contribution >= 4 is 8.24 Å². The van der Waals surface area contributed by atoms with Crippen LogP contribution in [0.15, 0.2) is 36.4 Å². The average Bonchev–Trinajstić information content (AvgIpc) is 3.13. The first-order valence-corrected chi connectivity index (χ1v) is 18.4. The van der Waals surface area contributed by atoms with E-state index in [0.717, 1.165) is 0 Å². The minimum Gasteiger partial charge on any atom is -0.661 e. The van der Waals surface area contributed by atoms with Crippen LogP contribution in [0.3, 0.4) is 0 Å². The van der Waals surface area contributed by atoms with Gasteiger partial charge in [-0.3, -0.25) is 0 Å². The van der Waals surface area contributed by atoms with E-state index in [4.69, 9.17) is 4.98 Å². The first kappa shape index (κ1) is 37.4. The van der Waals surface area contributed by atoms with Gasteiger partial charge in [-0.15, -0.1) is 6.04 Å². The molecule has 0 atom stereocenters. The van der Waals surface area contributed by atoms with Crippen LogP contribution in [0.1, 0.15) is 140 Å². The van der Waals surface area contributed by atoms with E-state index >= 15 is 0 Å². The Bertz CT molecular complexity index is 983. The van der Waals surface area contributed by atoms with E-state index in [0.29, 0.717) is 11.6 Å². The van der Waals surface area contributed by atoms with Crippen LogP contribution < -0.4 is 0 Å². The summed E-state index contributed by atoms with van der Waals surface area (Å²) in [7, 11) is -1.99. The molecule has 0 heterocycles. The van der Waals surface area contributed by atoms with E-state index in [1.165, 1.54) is 92.9 Å². The minimum atomic E-state index is -1.99. The largest absolute Gasteiger partial charge is 3.00 e. The molecule has 0 saturated heterocycles. The van der Waals surface area contributed by atoms with Gasteiger partial charge in [0.15, 0.2) is 0 Å². The monoisotopic (exact) mass is 594 g/mol. The molecule has 0 spiro atoms. The second-order valence-electron chi connectivity index (χ2n) is 14.7. The van der Waals surface area contributed by atoms with E-state index < -0.39 is 8.24 Å². The van der Waals surface area contributed by atoms with Gasteiger partial charge in [-0.25, -0.2) is 0 Å². The van der Waals surface area contributed by atoms with Gasteiger partial charge in [0.05, 0.1) is 0 Å². The Labute approximate surface area is 266 Å². The molecule has 3 heteroatoms. The standard InChI is InChI=1S/C35H54NSi.2CH3.Ti/c1-34(2,3)26-20-22-29-30-23-21-27(35(4,5)6)25-32(30)33(31(29)24-26)37(7,8)36-28-18-16-14-12-10-9-11-13-15-17-19-28;;;/h20-25,28,33H,9-19H2,1-8H3;2*1H3;/q3*-1;+3. The van der Waals surface area contributed by atoms with Gasteiger partial charge in [0.2, 0.25) is 0 Å². The zero-order valence-corrected chi connectivity index (χ0v) is 30.4. The molecule has 0 bridgehead atoms. The van der Waals surface area contributed by atoms with Crippen molar-refractivity contribution in [3.05, 3.63) is 78.5 Å². The van der Waals surface area contributed by atoms with Gasteiger partial charge in [0.25, 0.3) is 0 Å². The Morgan fingerprint density at radius 2 is 0.950 bits per heavy atom. The van der Waals surface area contributed by atoms with Crippen LogP contribution in [-0.4, -0.2) is 14.3 Å². The van der Waals surface area contributed by atoms with E-state index in [2.05, 4.69) is 91.0 Å². The zero-order chi connectivity index (χ0) is 26.8. The summed E-state index contributed by atoms with van der Waals surface area (Å²) in [4.78, 5) is 5.90. The van der Waals surface area contributed by atoms with Crippen molar-refractivity contribution in [2.75, 3.05) is 0 Å². The van der Waals surface area contributed by atoms with Crippen molar-refractivity contribution in [1.82, 2.24) is 0 Å². The molecule has 1 saturated carbocycles. The fraction of sp³-hybridized carbons (Fsp3) is 0.622. The Kier molecular flexibility index (Phi) is 14.2. The zero-order valence-electron chi connectivity index (χ0n) is 27.8. The summed E-state index contributed by atoms with van der Waals surface area (Å²) in [5.74, 6) is 0. The molecule has 1 nitrogen and oxygen atoms in total. The van der Waals surface area contributed by atoms with Crippen molar-refractivity contribution < 1.29 is 21.7 Å². The van der Waals surface area contributed by atoms with E-state index in [9.17, 15) is 0 Å². The molecule has 40 heavy (non-hydrogen) atoms. The summed E-state index contributed by atoms with van der Waals surface area (Å²) < 4.78 is 0. The molecule has 2 aromatic carbocycles. The second-order valence-corrected chi connectivity index (χ2v) is 18.9. The SMILES string of the molecule is CC(C)(C)c1ccc2c(c1)C([Si](C)(C)[N-]C1CCCCCCCCCCC1)c1cc(C(C)(C)C)ccc1-2.[CH3-].[CH3-].[Ti+3]. The number of fused-ring (bicyclic) bond motifs is 3. The molecule has 2 aliphatic rings. The number of hydrogen-bond donors (Lipinski definition) is 0. The average molecular weight is 595 g/mol. The third kappa shape index (κ3) is 8.92. The van der Waals surface area contributed by atoms with Gasteiger partial charge < -0.3 is 19.8 Å². The quantitative estimate of drug-likeness (QED) is 0.248. The van der Waals surface area contributed by atoms with Crippen LogP contribution in [0.5, 0.6) is 0 Å². The van der Waals surface area contributed by atoms with Gasteiger partial charge >= 0.3 is 21.7 Å². The summed E-state index contributed by atoms with van der Waals surface area (Å²) in [6.07, 6.45) is 15.3. The van der Waals surface area contributed by atoms with Crippen molar-refractivity contribution in [2.24, 2.45) is 0 Å². The molecule has 4 rings (SSSR count). The topological polar surface area (TPSA) is 14.1 Å². The fourth-order valence-corrected chi connectivity index (χ4v) is 10.1. The minimum absolute atomic E-state index is 0. The molecule has 2 aliphatic carbocycles. The Balaban J connectivity index is 0.00000267. The van der Waals surface area contributed by atoms with Crippen LogP contribution in [0.25, 0.3) is 16.1 Å². The molecule has 1 radical (unpaired) electrons. The maximum Gasteiger partial charge on any atom is 3.00 e. The van der Waals surface area contributed by atoms with E-state index in [1.807, 2.05) is 0 Å². The third-order valence-corrected chi connectivity index (χ3v) is 12.1. The van der Waals surface area contributed by atoms with E-state index in [1.54, 1.807) is 11.1 Å². The predicted octanol–water partition coefficient (Wildman–Crippen LogP) is 12.1. The molecule has 0 aromatic heterocycles. The summed E-state index contributed by atoms with van der Waals surface area (Å²) in [6, 6.07) is 15.3. The Morgan fingerprint density at radius 1 is 0.600 bits per heavy atom. The summed E-state index contributed by atoms with van der Waals surface area (Å²) >= 11 is 0. The number of benzene rings is 2. The maximum atomic E-state index is 5.90. The van der Waals surface area contributed by atoms with Crippen molar-refractivity contribution in [2.45, 2.75) is 148 Å². The molecule has 221 valence electrons. The molecule has 0 unspecified atom stereocenters. The summed E-state index contributed by atoms with van der Waals surface area (Å²) in [5, 5.41) is 0. The number of nitrogens with zero attached hydrogens (tertiary/aromatic N) is 1. The summed E-state index contributed by atoms with van der Waals surface area (Å²) in [6.45, 7) is 19.2. The van der Waals surface area contributed by atoms with Crippen LogP contribution in [0.4, 0.5) is 0 Å². The predicted molar refractivity (Wildman–Crippen MR) is 179 cm³/mol. The van der Waals surface area contributed by atoms with Gasteiger partial charge in [-0.2, -0.15) is 0 Å². The van der Waals surface area contributed by atoms with Gasteiger partial charge in [0, 0.05) is 0 Å². The fourth-order valence-electron chi connectivity index (χ4n) is 6.77.